The van der Waals surface area contributed by atoms with E-state index in [-0.39, 0.29) is 0 Å². The molecule has 1 atom stereocenters. The van der Waals surface area contributed by atoms with Crippen molar-refractivity contribution < 1.29 is 4.74 Å². The third kappa shape index (κ3) is 2.49. The van der Waals surface area contributed by atoms with Crippen LogP contribution in [0.2, 0.25) is 0 Å². The van der Waals surface area contributed by atoms with Crippen LogP contribution in [0.1, 0.15) is 25.1 Å². The molecule has 0 saturated carbocycles. The molecule has 1 aliphatic heterocycles. The zero-order valence-electron chi connectivity index (χ0n) is 7.65. The molecule has 1 aromatic rings. The molecule has 1 aromatic heterocycles. The maximum absolute atomic E-state index is 5.52. The topological polar surface area (TPSA) is 35.0 Å². The second-order valence-corrected chi connectivity index (χ2v) is 3.34. The van der Waals surface area contributed by atoms with Crippen LogP contribution in [-0.2, 0) is 11.2 Å². The number of hydrogen-bond acceptors (Lipinski definition) is 3. The van der Waals surface area contributed by atoms with Crippen molar-refractivity contribution in [1.29, 1.82) is 0 Å². The summed E-state index contributed by atoms with van der Waals surface area (Å²) in [6.45, 7) is 0.931. The Hall–Kier alpha value is -0.960. The first-order chi connectivity index (χ1) is 6.45. The summed E-state index contributed by atoms with van der Waals surface area (Å²) >= 11 is 0. The van der Waals surface area contributed by atoms with E-state index in [2.05, 4.69) is 9.97 Å². The minimum Gasteiger partial charge on any atom is -0.378 e. The Balaban J connectivity index is 1.79. The standard InChI is InChI=1S/C10H14N2O/c1-3-9(13-8-1)4-5-10-11-6-2-7-12-10/h2,6-7,9H,1,3-5,8H2. The van der Waals surface area contributed by atoms with E-state index in [4.69, 9.17) is 4.74 Å². The Labute approximate surface area is 78.2 Å². The second kappa shape index (κ2) is 4.33. The van der Waals surface area contributed by atoms with Gasteiger partial charge in [0.25, 0.3) is 0 Å². The van der Waals surface area contributed by atoms with Gasteiger partial charge in [0.05, 0.1) is 6.10 Å². The highest BCUT2D eigenvalue weighted by Crippen LogP contribution is 2.16. The summed E-state index contributed by atoms with van der Waals surface area (Å²) < 4.78 is 5.52. The molecular weight excluding hydrogens is 164 g/mol. The molecule has 1 aliphatic rings. The molecule has 3 heteroatoms. The quantitative estimate of drug-likeness (QED) is 0.705. The molecule has 1 fully saturated rings. The first-order valence-corrected chi connectivity index (χ1v) is 4.82. The lowest BCUT2D eigenvalue weighted by Crippen LogP contribution is -2.07. The highest BCUT2D eigenvalue weighted by molar-refractivity contribution is 4.89. The van der Waals surface area contributed by atoms with Crippen molar-refractivity contribution in [2.24, 2.45) is 0 Å². The van der Waals surface area contributed by atoms with Gasteiger partial charge in [-0.2, -0.15) is 0 Å². The number of aromatic nitrogens is 2. The number of rotatable bonds is 3. The molecule has 1 saturated heterocycles. The van der Waals surface area contributed by atoms with Gasteiger partial charge in [-0.25, -0.2) is 9.97 Å². The predicted octanol–water partition coefficient (Wildman–Crippen LogP) is 1.59. The number of nitrogens with zero attached hydrogens (tertiary/aromatic N) is 2. The van der Waals surface area contributed by atoms with Crippen LogP contribution in [0.4, 0.5) is 0 Å². The third-order valence-corrected chi connectivity index (χ3v) is 2.33. The lowest BCUT2D eigenvalue weighted by atomic mass is 10.1. The maximum Gasteiger partial charge on any atom is 0.128 e. The summed E-state index contributed by atoms with van der Waals surface area (Å²) in [5, 5.41) is 0. The van der Waals surface area contributed by atoms with E-state index in [0.29, 0.717) is 6.10 Å². The molecule has 1 unspecified atom stereocenters. The van der Waals surface area contributed by atoms with Crippen molar-refractivity contribution in [3.8, 4) is 0 Å². The van der Waals surface area contributed by atoms with E-state index >= 15 is 0 Å². The molecule has 2 heterocycles. The fourth-order valence-corrected chi connectivity index (χ4v) is 1.62. The summed E-state index contributed by atoms with van der Waals surface area (Å²) in [6, 6.07) is 1.84. The van der Waals surface area contributed by atoms with E-state index in [1.165, 1.54) is 12.8 Å². The minimum atomic E-state index is 0.448. The Bertz CT molecular complexity index is 244. The number of hydrogen-bond donors (Lipinski definition) is 0. The highest BCUT2D eigenvalue weighted by atomic mass is 16.5. The van der Waals surface area contributed by atoms with E-state index in [1.54, 1.807) is 12.4 Å². The lowest BCUT2D eigenvalue weighted by molar-refractivity contribution is 0.104. The molecule has 0 amide bonds. The molecule has 13 heavy (non-hydrogen) atoms. The number of ether oxygens (including phenoxy) is 1. The SMILES string of the molecule is c1cnc(CCC2CCCO2)nc1. The summed E-state index contributed by atoms with van der Waals surface area (Å²) in [7, 11) is 0. The lowest BCUT2D eigenvalue weighted by Gasteiger charge is -2.07. The molecule has 0 spiro atoms. The van der Waals surface area contributed by atoms with Crippen LogP contribution in [0.15, 0.2) is 18.5 Å². The molecule has 0 aliphatic carbocycles. The smallest absolute Gasteiger partial charge is 0.128 e. The van der Waals surface area contributed by atoms with Crippen LogP contribution in [0.25, 0.3) is 0 Å². The fraction of sp³-hybridized carbons (Fsp3) is 0.600. The minimum absolute atomic E-state index is 0.448. The molecule has 0 bridgehead atoms. The zero-order valence-corrected chi connectivity index (χ0v) is 7.65. The van der Waals surface area contributed by atoms with Crippen LogP contribution in [-0.4, -0.2) is 22.7 Å². The average Bonchev–Trinajstić information content (AvgIpc) is 2.69. The van der Waals surface area contributed by atoms with Gasteiger partial charge in [0.1, 0.15) is 5.82 Å². The van der Waals surface area contributed by atoms with Gasteiger partial charge in [-0.15, -0.1) is 0 Å². The second-order valence-electron chi connectivity index (χ2n) is 3.34. The molecule has 2 rings (SSSR count). The molecule has 0 aromatic carbocycles. The largest absolute Gasteiger partial charge is 0.378 e. The van der Waals surface area contributed by atoms with Gasteiger partial charge in [-0.1, -0.05) is 0 Å². The Morgan fingerprint density at radius 1 is 1.38 bits per heavy atom. The van der Waals surface area contributed by atoms with Crippen LogP contribution in [0, 0.1) is 0 Å². The van der Waals surface area contributed by atoms with Gasteiger partial charge in [-0.05, 0) is 25.3 Å². The van der Waals surface area contributed by atoms with Crippen LogP contribution in [0.3, 0.4) is 0 Å². The maximum atomic E-state index is 5.52. The van der Waals surface area contributed by atoms with Crippen molar-refractivity contribution in [3.05, 3.63) is 24.3 Å². The molecule has 70 valence electrons. The molecule has 0 N–H and O–H groups in total. The van der Waals surface area contributed by atoms with Gasteiger partial charge in [-0.3, -0.25) is 0 Å². The summed E-state index contributed by atoms with van der Waals surface area (Å²) in [6.07, 6.45) is 8.43. The van der Waals surface area contributed by atoms with Crippen molar-refractivity contribution in [3.63, 3.8) is 0 Å². The molecule has 3 nitrogen and oxygen atoms in total. The predicted molar refractivity (Wildman–Crippen MR) is 49.3 cm³/mol. The van der Waals surface area contributed by atoms with Crippen molar-refractivity contribution in [2.75, 3.05) is 6.61 Å². The first-order valence-electron chi connectivity index (χ1n) is 4.82. The van der Waals surface area contributed by atoms with E-state index < -0.39 is 0 Å². The van der Waals surface area contributed by atoms with E-state index in [1.807, 2.05) is 6.07 Å². The highest BCUT2D eigenvalue weighted by Gasteiger charge is 2.15. The molecule has 0 radical (unpaired) electrons. The van der Waals surface area contributed by atoms with Crippen LogP contribution >= 0.6 is 0 Å². The van der Waals surface area contributed by atoms with Gasteiger partial charge < -0.3 is 4.74 Å². The fourth-order valence-electron chi connectivity index (χ4n) is 1.62. The van der Waals surface area contributed by atoms with Crippen molar-refractivity contribution >= 4 is 0 Å². The van der Waals surface area contributed by atoms with Gasteiger partial charge >= 0.3 is 0 Å². The third-order valence-electron chi connectivity index (χ3n) is 2.33. The van der Waals surface area contributed by atoms with Crippen molar-refractivity contribution in [1.82, 2.24) is 9.97 Å². The van der Waals surface area contributed by atoms with Gasteiger partial charge in [0, 0.05) is 25.4 Å². The monoisotopic (exact) mass is 178 g/mol. The Kier molecular flexibility index (Phi) is 2.87. The van der Waals surface area contributed by atoms with Gasteiger partial charge in [0.15, 0.2) is 0 Å². The van der Waals surface area contributed by atoms with Crippen molar-refractivity contribution in [2.45, 2.75) is 31.8 Å². The van der Waals surface area contributed by atoms with Gasteiger partial charge in [0.2, 0.25) is 0 Å². The van der Waals surface area contributed by atoms with Crippen LogP contribution < -0.4 is 0 Å². The Morgan fingerprint density at radius 3 is 2.92 bits per heavy atom. The van der Waals surface area contributed by atoms with E-state index in [0.717, 1.165) is 25.3 Å². The average molecular weight is 178 g/mol. The summed E-state index contributed by atoms with van der Waals surface area (Å²) in [4.78, 5) is 8.35. The zero-order chi connectivity index (χ0) is 8.93. The summed E-state index contributed by atoms with van der Waals surface area (Å²) in [5.41, 5.74) is 0. The van der Waals surface area contributed by atoms with Crippen LogP contribution in [0.5, 0.6) is 0 Å². The first kappa shape index (κ1) is 8.63. The summed E-state index contributed by atoms with van der Waals surface area (Å²) in [5.74, 6) is 0.929. The van der Waals surface area contributed by atoms with E-state index in [9.17, 15) is 0 Å². The normalized spacial score (nSPS) is 22.0. The Morgan fingerprint density at radius 2 is 2.23 bits per heavy atom. The molecular formula is C10H14N2O. The number of aryl methyl sites for hydroxylation is 1.